The second kappa shape index (κ2) is 9.24. The summed E-state index contributed by atoms with van der Waals surface area (Å²) in [7, 11) is 0. The van der Waals surface area contributed by atoms with Gasteiger partial charge in [0.05, 0.1) is 19.8 Å². The van der Waals surface area contributed by atoms with Gasteiger partial charge in [-0.15, -0.1) is 0 Å². The van der Waals surface area contributed by atoms with Crippen molar-refractivity contribution in [3.05, 3.63) is 10.4 Å². The average molecular weight is 190 g/mol. The van der Waals surface area contributed by atoms with Crippen molar-refractivity contribution >= 4 is 0 Å². The molecule has 0 aromatic heterocycles. The molecule has 7 heteroatoms. The van der Waals surface area contributed by atoms with Gasteiger partial charge in [0.2, 0.25) is 0 Å². The third-order valence-corrected chi connectivity index (χ3v) is 1.14. The quantitative estimate of drug-likeness (QED) is 0.178. The number of nitrogens with zero attached hydrogens (tertiary/aromatic N) is 3. The van der Waals surface area contributed by atoms with E-state index < -0.39 is 6.29 Å². The van der Waals surface area contributed by atoms with Gasteiger partial charge >= 0.3 is 0 Å². The van der Waals surface area contributed by atoms with Gasteiger partial charge in [0.1, 0.15) is 0 Å². The Hall–Kier alpha value is -0.850. The number of azide groups is 1. The zero-order valence-corrected chi connectivity index (χ0v) is 7.30. The molecule has 7 nitrogen and oxygen atoms in total. The predicted octanol–water partition coefficient (Wildman–Crippen LogP) is -0.393. The maximum absolute atomic E-state index is 8.83. The highest BCUT2D eigenvalue weighted by Crippen LogP contribution is 1.84. The Morgan fingerprint density at radius 3 is 2.85 bits per heavy atom. The van der Waals surface area contributed by atoms with Crippen LogP contribution in [-0.4, -0.2) is 44.3 Å². The van der Waals surface area contributed by atoms with Crippen molar-refractivity contribution in [1.82, 2.24) is 0 Å². The van der Waals surface area contributed by atoms with E-state index in [0.717, 1.165) is 0 Å². The zero-order valence-electron chi connectivity index (χ0n) is 7.30. The number of rotatable bonds is 8. The molecule has 0 aromatic rings. The van der Waals surface area contributed by atoms with E-state index in [1.807, 2.05) is 0 Å². The molecule has 1 atom stereocenters. The average Bonchev–Trinajstić information content (AvgIpc) is 2.16. The van der Waals surface area contributed by atoms with E-state index in [1.54, 1.807) is 0 Å². The van der Waals surface area contributed by atoms with E-state index in [9.17, 15) is 0 Å². The fraction of sp³-hybridized carbons (Fsp3) is 1.00. The summed E-state index contributed by atoms with van der Waals surface area (Å²) in [5.74, 6) is 0. The summed E-state index contributed by atoms with van der Waals surface area (Å²) in [4.78, 5) is 2.55. The van der Waals surface area contributed by atoms with Gasteiger partial charge < -0.3 is 20.3 Å². The Balaban J connectivity index is 3.03. The van der Waals surface area contributed by atoms with Crippen molar-refractivity contribution in [2.24, 2.45) is 10.8 Å². The molecule has 0 spiro atoms. The van der Waals surface area contributed by atoms with E-state index in [-0.39, 0.29) is 13.2 Å². The summed E-state index contributed by atoms with van der Waals surface area (Å²) >= 11 is 0. The first-order chi connectivity index (χ1) is 6.31. The molecule has 0 rings (SSSR count). The zero-order chi connectivity index (χ0) is 9.94. The van der Waals surface area contributed by atoms with Crippen LogP contribution in [0.4, 0.5) is 0 Å². The molecule has 0 saturated carbocycles. The third kappa shape index (κ3) is 9.06. The fourth-order valence-corrected chi connectivity index (χ4v) is 0.563. The van der Waals surface area contributed by atoms with Gasteiger partial charge in [-0.1, -0.05) is 5.11 Å². The second-order valence-electron chi connectivity index (χ2n) is 2.13. The molecule has 0 radical (unpaired) electrons. The highest BCUT2D eigenvalue weighted by molar-refractivity contribution is 4.44. The van der Waals surface area contributed by atoms with Crippen molar-refractivity contribution in [2.75, 3.05) is 32.9 Å². The molecule has 0 amide bonds. The SMILES string of the molecule is [N-]=[N+]=NCCOCCOC(O)CN. The molecule has 0 heterocycles. The molecular weight excluding hydrogens is 176 g/mol. The highest BCUT2D eigenvalue weighted by atomic mass is 16.6. The van der Waals surface area contributed by atoms with Crippen LogP contribution in [0.1, 0.15) is 0 Å². The Bertz CT molecular complexity index is 160. The van der Waals surface area contributed by atoms with Crippen molar-refractivity contribution in [1.29, 1.82) is 0 Å². The second-order valence-corrected chi connectivity index (χ2v) is 2.13. The number of ether oxygens (including phenoxy) is 2. The van der Waals surface area contributed by atoms with Crippen LogP contribution < -0.4 is 5.73 Å². The van der Waals surface area contributed by atoms with Gasteiger partial charge in [0, 0.05) is 18.0 Å². The molecule has 1 unspecified atom stereocenters. The Labute approximate surface area is 76.1 Å². The summed E-state index contributed by atoms with van der Waals surface area (Å²) in [6, 6.07) is 0. The van der Waals surface area contributed by atoms with Gasteiger partial charge in [0.25, 0.3) is 0 Å². The molecule has 76 valence electrons. The van der Waals surface area contributed by atoms with Gasteiger partial charge in [-0.2, -0.15) is 0 Å². The van der Waals surface area contributed by atoms with Crippen LogP contribution in [0.3, 0.4) is 0 Å². The van der Waals surface area contributed by atoms with Crippen LogP contribution in [0.25, 0.3) is 10.4 Å². The first kappa shape index (κ1) is 12.2. The lowest BCUT2D eigenvalue weighted by molar-refractivity contribution is -0.104. The van der Waals surface area contributed by atoms with Crippen molar-refractivity contribution in [2.45, 2.75) is 6.29 Å². The van der Waals surface area contributed by atoms with Gasteiger partial charge in [-0.05, 0) is 5.53 Å². The summed E-state index contributed by atoms with van der Waals surface area (Å²) in [5, 5.41) is 12.1. The number of nitrogens with two attached hydrogens (primary N) is 1. The van der Waals surface area contributed by atoms with E-state index >= 15 is 0 Å². The molecule has 3 N–H and O–H groups in total. The summed E-state index contributed by atoms with van der Waals surface area (Å²) < 4.78 is 9.79. The van der Waals surface area contributed by atoms with Crippen LogP contribution in [0.5, 0.6) is 0 Å². The molecule has 0 aliphatic rings. The minimum Gasteiger partial charge on any atom is -0.379 e. The predicted molar refractivity (Wildman–Crippen MR) is 45.8 cm³/mol. The lowest BCUT2D eigenvalue weighted by atomic mass is 10.6. The van der Waals surface area contributed by atoms with Crippen LogP contribution >= 0.6 is 0 Å². The Kier molecular flexibility index (Phi) is 8.64. The lowest BCUT2D eigenvalue weighted by Gasteiger charge is -2.08. The fourth-order valence-electron chi connectivity index (χ4n) is 0.563. The topological polar surface area (TPSA) is 113 Å². The number of hydrogen-bond acceptors (Lipinski definition) is 5. The largest absolute Gasteiger partial charge is 0.379 e. The maximum Gasteiger partial charge on any atom is 0.166 e. The molecule has 0 bridgehead atoms. The summed E-state index contributed by atoms with van der Waals surface area (Å²) in [6.45, 7) is 1.34. The molecule has 0 aliphatic carbocycles. The van der Waals surface area contributed by atoms with Crippen LogP contribution in [0.2, 0.25) is 0 Å². The monoisotopic (exact) mass is 190 g/mol. The van der Waals surface area contributed by atoms with E-state index in [1.165, 1.54) is 0 Å². The molecule has 13 heavy (non-hydrogen) atoms. The van der Waals surface area contributed by atoms with E-state index in [2.05, 4.69) is 10.0 Å². The molecular formula is C6H14N4O3. The maximum atomic E-state index is 8.83. The lowest BCUT2D eigenvalue weighted by Crippen LogP contribution is -2.24. The van der Waals surface area contributed by atoms with E-state index in [0.29, 0.717) is 19.8 Å². The minimum absolute atomic E-state index is 0.0682. The number of aliphatic hydroxyl groups is 1. The first-order valence-corrected chi connectivity index (χ1v) is 3.89. The van der Waals surface area contributed by atoms with Crippen LogP contribution in [-0.2, 0) is 9.47 Å². The smallest absolute Gasteiger partial charge is 0.166 e. The molecule has 0 fully saturated rings. The molecule has 0 aromatic carbocycles. The van der Waals surface area contributed by atoms with Crippen LogP contribution in [0, 0.1) is 0 Å². The van der Waals surface area contributed by atoms with Crippen molar-refractivity contribution in [3.63, 3.8) is 0 Å². The minimum atomic E-state index is -0.930. The number of aliphatic hydroxyl groups excluding tert-OH is 1. The summed E-state index contributed by atoms with van der Waals surface area (Å²) in [6.07, 6.45) is -0.930. The van der Waals surface area contributed by atoms with Crippen molar-refractivity contribution < 1.29 is 14.6 Å². The summed E-state index contributed by atoms with van der Waals surface area (Å²) in [5.41, 5.74) is 13.0. The number of hydrogen-bond donors (Lipinski definition) is 2. The van der Waals surface area contributed by atoms with Crippen LogP contribution in [0.15, 0.2) is 5.11 Å². The molecule has 0 aliphatic heterocycles. The van der Waals surface area contributed by atoms with Gasteiger partial charge in [-0.3, -0.25) is 0 Å². The van der Waals surface area contributed by atoms with Crippen molar-refractivity contribution in [3.8, 4) is 0 Å². The standard InChI is InChI=1S/C6H14N4O3/c7-5-6(11)13-4-3-12-2-1-9-10-8/h6,11H,1-5,7H2. The third-order valence-electron chi connectivity index (χ3n) is 1.14. The normalized spacial score (nSPS) is 12.2. The Morgan fingerprint density at radius 1 is 1.46 bits per heavy atom. The van der Waals surface area contributed by atoms with E-state index in [4.69, 9.17) is 25.8 Å². The first-order valence-electron chi connectivity index (χ1n) is 3.89. The van der Waals surface area contributed by atoms with Gasteiger partial charge in [0.15, 0.2) is 6.29 Å². The highest BCUT2D eigenvalue weighted by Gasteiger charge is 1.98. The molecule has 0 saturated heterocycles. The Morgan fingerprint density at radius 2 is 2.23 bits per heavy atom. The van der Waals surface area contributed by atoms with Gasteiger partial charge in [-0.25, -0.2) is 0 Å².